The number of para-hydroxylation sites is 1. The molecule has 0 saturated heterocycles. The predicted octanol–water partition coefficient (Wildman–Crippen LogP) is 5.54. The fourth-order valence-corrected chi connectivity index (χ4v) is 5.72. The van der Waals surface area contributed by atoms with E-state index in [1.54, 1.807) is 30.2 Å². The highest BCUT2D eigenvalue weighted by molar-refractivity contribution is 7.15. The highest BCUT2D eigenvalue weighted by Crippen LogP contribution is 2.40. The van der Waals surface area contributed by atoms with Crippen LogP contribution in [-0.2, 0) is 4.79 Å². The van der Waals surface area contributed by atoms with Gasteiger partial charge in [0.15, 0.2) is 5.82 Å². The summed E-state index contributed by atoms with van der Waals surface area (Å²) in [6.07, 6.45) is 0. The van der Waals surface area contributed by atoms with E-state index in [9.17, 15) is 14.7 Å². The molecule has 194 valence electrons. The molecule has 38 heavy (non-hydrogen) atoms. The third kappa shape index (κ3) is 4.37. The molecule has 0 spiro atoms. The fourth-order valence-electron chi connectivity index (χ4n) is 4.50. The standard InChI is InChI=1S/C28H28N6O3S/c1-15-17(3)38-26-22(15)24(30-23(16(2)27(35)36)25-32-31-18(4)34(25)26)19-11-13-20(14-12-19)29-28(37)33(5)21-9-7-6-8-10-21/h6-14,16,23H,1-5H3,(H,29,37)(H,35,36)/t16?,23-/m0/s1. The number of aliphatic carboxylic acids is 1. The molecule has 1 aliphatic rings. The number of nitrogens with one attached hydrogen (secondary N) is 1. The summed E-state index contributed by atoms with van der Waals surface area (Å²) in [5, 5.41) is 22.3. The van der Waals surface area contributed by atoms with E-state index in [1.165, 1.54) is 0 Å². The number of aliphatic imine (C=N–C) groups is 1. The van der Waals surface area contributed by atoms with Gasteiger partial charge >= 0.3 is 12.0 Å². The Morgan fingerprint density at radius 2 is 1.74 bits per heavy atom. The third-order valence-electron chi connectivity index (χ3n) is 6.91. The zero-order valence-corrected chi connectivity index (χ0v) is 22.6. The van der Waals surface area contributed by atoms with E-state index in [0.29, 0.717) is 23.0 Å². The molecule has 2 aromatic heterocycles. The van der Waals surface area contributed by atoms with Crippen molar-refractivity contribution in [1.29, 1.82) is 0 Å². The van der Waals surface area contributed by atoms with Crippen LogP contribution in [0.15, 0.2) is 59.6 Å². The topological polar surface area (TPSA) is 113 Å². The van der Waals surface area contributed by atoms with Crippen molar-refractivity contribution in [2.75, 3.05) is 17.3 Å². The summed E-state index contributed by atoms with van der Waals surface area (Å²) in [5.74, 6) is -0.566. The number of hydrogen-bond acceptors (Lipinski definition) is 6. The molecule has 10 heteroatoms. The first-order chi connectivity index (χ1) is 18.2. The molecular formula is C28H28N6O3S. The smallest absolute Gasteiger partial charge is 0.326 e. The van der Waals surface area contributed by atoms with Gasteiger partial charge in [0.05, 0.1) is 11.6 Å². The van der Waals surface area contributed by atoms with Gasteiger partial charge in [-0.3, -0.25) is 19.3 Å². The summed E-state index contributed by atoms with van der Waals surface area (Å²) in [6.45, 7) is 7.61. The minimum absolute atomic E-state index is 0.258. The van der Waals surface area contributed by atoms with E-state index in [0.717, 1.165) is 32.3 Å². The molecule has 1 unspecified atom stereocenters. The van der Waals surface area contributed by atoms with Gasteiger partial charge in [-0.1, -0.05) is 30.3 Å². The quantitative estimate of drug-likeness (QED) is 0.353. The van der Waals surface area contributed by atoms with Crippen LogP contribution in [0.25, 0.3) is 5.00 Å². The Morgan fingerprint density at radius 3 is 2.39 bits per heavy atom. The number of hydrogen-bond donors (Lipinski definition) is 2. The van der Waals surface area contributed by atoms with Crippen molar-refractivity contribution in [2.24, 2.45) is 10.9 Å². The number of nitrogens with zero attached hydrogens (tertiary/aromatic N) is 5. The Balaban J connectivity index is 1.54. The second-order valence-corrected chi connectivity index (χ2v) is 10.6. The largest absolute Gasteiger partial charge is 0.481 e. The summed E-state index contributed by atoms with van der Waals surface area (Å²) in [7, 11) is 1.71. The maximum Gasteiger partial charge on any atom is 0.326 e. The SMILES string of the molecule is Cc1sc2c(c1C)C(c1ccc(NC(=O)N(C)c3ccccc3)cc1)=N[C@@H](C(C)C(=O)O)c1nnc(C)n1-2. The predicted molar refractivity (Wildman–Crippen MR) is 149 cm³/mol. The normalized spacial score (nSPS) is 15.1. The van der Waals surface area contributed by atoms with Gasteiger partial charge in [-0.2, -0.15) is 0 Å². The first-order valence-electron chi connectivity index (χ1n) is 12.2. The molecule has 1 aliphatic heterocycles. The molecule has 0 bridgehead atoms. The zero-order valence-electron chi connectivity index (χ0n) is 21.8. The van der Waals surface area contributed by atoms with E-state index in [2.05, 4.69) is 29.4 Å². The number of urea groups is 1. The number of carbonyl (C=O) groups is 2. The highest BCUT2D eigenvalue weighted by atomic mass is 32.1. The van der Waals surface area contributed by atoms with Gasteiger partial charge in [0, 0.05) is 34.4 Å². The molecule has 2 amide bonds. The van der Waals surface area contributed by atoms with Crippen molar-refractivity contribution in [1.82, 2.24) is 14.8 Å². The van der Waals surface area contributed by atoms with Gasteiger partial charge in [0.1, 0.15) is 16.9 Å². The number of thiophene rings is 1. The van der Waals surface area contributed by atoms with E-state index >= 15 is 0 Å². The Hall–Kier alpha value is -4.31. The average molecular weight is 529 g/mol. The molecule has 0 aliphatic carbocycles. The van der Waals surface area contributed by atoms with Gasteiger partial charge in [0.25, 0.3) is 0 Å². The molecule has 0 radical (unpaired) electrons. The molecule has 5 rings (SSSR count). The Labute approximate surface area is 224 Å². The summed E-state index contributed by atoms with van der Waals surface area (Å²) in [5.41, 5.74) is 4.96. The van der Waals surface area contributed by atoms with Crippen molar-refractivity contribution in [3.05, 3.63) is 87.8 Å². The Morgan fingerprint density at radius 1 is 1.05 bits per heavy atom. The van der Waals surface area contributed by atoms with Crippen LogP contribution in [0.2, 0.25) is 0 Å². The number of carboxylic acid groups (broad SMARTS) is 1. The van der Waals surface area contributed by atoms with E-state index in [-0.39, 0.29) is 6.03 Å². The fraction of sp³-hybridized carbons (Fsp3) is 0.250. The molecule has 4 aromatic rings. The lowest BCUT2D eigenvalue weighted by molar-refractivity contribution is -0.141. The summed E-state index contributed by atoms with van der Waals surface area (Å²) in [4.78, 5) is 32.5. The summed E-state index contributed by atoms with van der Waals surface area (Å²) < 4.78 is 1.94. The van der Waals surface area contributed by atoms with Gasteiger partial charge in [-0.15, -0.1) is 21.5 Å². The number of carboxylic acids is 1. The molecule has 2 atom stereocenters. The number of anilines is 2. The van der Waals surface area contributed by atoms with Crippen LogP contribution in [0.3, 0.4) is 0 Å². The number of rotatable bonds is 5. The molecule has 9 nitrogen and oxygen atoms in total. The third-order valence-corrected chi connectivity index (χ3v) is 8.10. The lowest BCUT2D eigenvalue weighted by atomic mass is 9.98. The Bertz CT molecular complexity index is 1560. The van der Waals surface area contributed by atoms with Crippen LogP contribution in [0.5, 0.6) is 0 Å². The van der Waals surface area contributed by atoms with E-state index in [1.807, 2.05) is 66.1 Å². The first kappa shape index (κ1) is 25.3. The number of aromatic nitrogens is 3. The maximum atomic E-state index is 12.8. The lowest BCUT2D eigenvalue weighted by Gasteiger charge is -2.18. The number of fused-ring (bicyclic) bond motifs is 3. The van der Waals surface area contributed by atoms with E-state index < -0.39 is 17.9 Å². The van der Waals surface area contributed by atoms with Crippen LogP contribution in [0.4, 0.5) is 16.2 Å². The molecular weight excluding hydrogens is 500 g/mol. The number of amides is 2. The second-order valence-electron chi connectivity index (χ2n) is 9.36. The van der Waals surface area contributed by atoms with Gasteiger partial charge in [-0.05, 0) is 57.5 Å². The van der Waals surface area contributed by atoms with Crippen LogP contribution in [0, 0.1) is 26.7 Å². The maximum absolute atomic E-state index is 12.8. The Kier molecular flexibility index (Phi) is 6.58. The van der Waals surface area contributed by atoms with Crippen LogP contribution < -0.4 is 10.2 Å². The highest BCUT2D eigenvalue weighted by Gasteiger charge is 2.36. The zero-order chi connectivity index (χ0) is 27.1. The van der Waals surface area contributed by atoms with Crippen LogP contribution in [-0.4, -0.2) is 44.6 Å². The van der Waals surface area contributed by atoms with Gasteiger partial charge < -0.3 is 10.4 Å². The monoisotopic (exact) mass is 528 g/mol. The van der Waals surface area contributed by atoms with Crippen molar-refractivity contribution in [3.8, 4) is 5.00 Å². The van der Waals surface area contributed by atoms with Crippen molar-refractivity contribution in [3.63, 3.8) is 0 Å². The minimum atomic E-state index is -0.955. The molecule has 0 fully saturated rings. The first-order valence-corrected chi connectivity index (χ1v) is 13.0. The van der Waals surface area contributed by atoms with Crippen LogP contribution in [0.1, 0.15) is 46.2 Å². The van der Waals surface area contributed by atoms with Crippen molar-refractivity contribution >= 4 is 40.4 Å². The second kappa shape index (κ2) is 9.86. The molecule has 3 heterocycles. The minimum Gasteiger partial charge on any atom is -0.481 e. The van der Waals surface area contributed by atoms with Crippen molar-refractivity contribution < 1.29 is 14.7 Å². The average Bonchev–Trinajstić information content (AvgIpc) is 3.38. The summed E-state index contributed by atoms with van der Waals surface area (Å²) >= 11 is 1.62. The lowest BCUT2D eigenvalue weighted by Crippen LogP contribution is -2.31. The summed E-state index contributed by atoms with van der Waals surface area (Å²) in [6, 6.07) is 15.9. The molecule has 2 aromatic carbocycles. The number of aryl methyl sites for hydroxylation is 2. The van der Waals surface area contributed by atoms with Crippen molar-refractivity contribution in [2.45, 2.75) is 33.7 Å². The molecule has 0 saturated carbocycles. The van der Waals surface area contributed by atoms with Crippen LogP contribution >= 0.6 is 11.3 Å². The number of carbonyl (C=O) groups excluding carboxylic acids is 1. The van der Waals surface area contributed by atoms with E-state index in [4.69, 9.17) is 4.99 Å². The number of benzene rings is 2. The van der Waals surface area contributed by atoms with Gasteiger partial charge in [-0.25, -0.2) is 4.79 Å². The van der Waals surface area contributed by atoms with Gasteiger partial charge in [0.2, 0.25) is 0 Å². The molecule has 2 N–H and O–H groups in total.